The lowest BCUT2D eigenvalue weighted by molar-refractivity contribution is -0.0308. The molecule has 2 aliphatic rings. The summed E-state index contributed by atoms with van der Waals surface area (Å²) in [6, 6.07) is 0. The Bertz CT molecular complexity index is 240. The van der Waals surface area contributed by atoms with Crippen LogP contribution in [0.4, 0.5) is 0 Å². The Balaban J connectivity index is 2.00. The highest BCUT2D eigenvalue weighted by Crippen LogP contribution is 2.33. The van der Waals surface area contributed by atoms with Crippen LogP contribution in [0.1, 0.15) is 12.8 Å². The molecule has 2 rings (SSSR count). The van der Waals surface area contributed by atoms with Crippen LogP contribution in [0, 0.1) is 17.8 Å². The van der Waals surface area contributed by atoms with E-state index in [0.29, 0.717) is 5.41 Å². The van der Waals surface area contributed by atoms with Gasteiger partial charge in [-0.3, -0.25) is 4.90 Å². The highest BCUT2D eigenvalue weighted by atomic mass is 16.5. The van der Waals surface area contributed by atoms with Gasteiger partial charge >= 0.3 is 0 Å². The molecular formula is C12H19NO2. The molecule has 0 aromatic carbocycles. The largest absolute Gasteiger partial charge is 0.381 e. The number of rotatable bonds is 1. The molecule has 3 heteroatoms. The van der Waals surface area contributed by atoms with Gasteiger partial charge in [-0.25, -0.2) is 0 Å². The maximum Gasteiger partial charge on any atom is 0.0599 e. The normalized spacial score (nSPS) is 27.1. The van der Waals surface area contributed by atoms with E-state index in [1.807, 2.05) is 0 Å². The Hall–Kier alpha value is -0.560. The average molecular weight is 209 g/mol. The van der Waals surface area contributed by atoms with Crippen LogP contribution in [0.3, 0.4) is 0 Å². The first kappa shape index (κ1) is 10.9. The Morgan fingerprint density at radius 3 is 2.73 bits per heavy atom. The highest BCUT2D eigenvalue weighted by Gasteiger charge is 2.36. The summed E-state index contributed by atoms with van der Waals surface area (Å²) in [4.78, 5) is 2.33. The maximum absolute atomic E-state index is 5.70. The summed E-state index contributed by atoms with van der Waals surface area (Å²) in [5.74, 6) is 2.73. The molecule has 1 spiro atoms. The first-order valence-corrected chi connectivity index (χ1v) is 5.66. The quantitative estimate of drug-likeness (QED) is 0.595. The van der Waals surface area contributed by atoms with Crippen molar-refractivity contribution < 1.29 is 9.47 Å². The number of nitrogens with zero attached hydrogens (tertiary/aromatic N) is 1. The van der Waals surface area contributed by atoms with Gasteiger partial charge in [0, 0.05) is 31.7 Å². The van der Waals surface area contributed by atoms with Crippen molar-refractivity contribution in [3.63, 3.8) is 0 Å². The Labute approximate surface area is 91.7 Å². The van der Waals surface area contributed by atoms with Gasteiger partial charge in [0.2, 0.25) is 0 Å². The topological polar surface area (TPSA) is 21.7 Å². The van der Waals surface area contributed by atoms with E-state index in [-0.39, 0.29) is 0 Å². The molecule has 15 heavy (non-hydrogen) atoms. The summed E-state index contributed by atoms with van der Waals surface area (Å²) in [6.45, 7) is 6.20. The van der Waals surface area contributed by atoms with Gasteiger partial charge in [0.1, 0.15) is 0 Å². The molecule has 2 heterocycles. The zero-order valence-corrected chi connectivity index (χ0v) is 9.21. The molecule has 0 N–H and O–H groups in total. The van der Waals surface area contributed by atoms with Crippen molar-refractivity contribution in [1.82, 2.24) is 4.90 Å². The molecule has 84 valence electrons. The van der Waals surface area contributed by atoms with Crippen LogP contribution in [0.5, 0.6) is 0 Å². The second-order valence-corrected chi connectivity index (χ2v) is 4.58. The van der Waals surface area contributed by atoms with E-state index in [9.17, 15) is 0 Å². The van der Waals surface area contributed by atoms with E-state index in [4.69, 9.17) is 15.9 Å². The van der Waals surface area contributed by atoms with Crippen LogP contribution in [-0.4, -0.2) is 51.0 Å². The fraction of sp³-hybridized carbons (Fsp3) is 0.833. The standard InChI is InChI=1S/C12H19NO2/c1-2-5-13-6-9-15-11-12(10-13)3-7-14-8-4-12/h1H,3-11H2. The molecule has 0 unspecified atom stereocenters. The molecular weight excluding hydrogens is 190 g/mol. The van der Waals surface area contributed by atoms with Crippen molar-refractivity contribution >= 4 is 0 Å². The van der Waals surface area contributed by atoms with Gasteiger partial charge in [0.25, 0.3) is 0 Å². The molecule has 2 aliphatic heterocycles. The van der Waals surface area contributed by atoms with Gasteiger partial charge in [-0.2, -0.15) is 0 Å². The van der Waals surface area contributed by atoms with Gasteiger partial charge in [-0.15, -0.1) is 6.42 Å². The van der Waals surface area contributed by atoms with Crippen molar-refractivity contribution in [2.75, 3.05) is 46.1 Å². The molecule has 0 atom stereocenters. The number of hydrogen-bond acceptors (Lipinski definition) is 3. The van der Waals surface area contributed by atoms with E-state index in [1.54, 1.807) is 0 Å². The Kier molecular flexibility index (Phi) is 3.63. The molecule has 0 bridgehead atoms. The molecule has 3 nitrogen and oxygen atoms in total. The number of terminal acetylenes is 1. The molecule has 0 saturated carbocycles. The molecule has 2 fully saturated rings. The third-order valence-corrected chi connectivity index (χ3v) is 3.39. The maximum atomic E-state index is 5.70. The molecule has 0 aliphatic carbocycles. The summed E-state index contributed by atoms with van der Waals surface area (Å²) >= 11 is 0. The van der Waals surface area contributed by atoms with Crippen LogP contribution in [0.25, 0.3) is 0 Å². The third kappa shape index (κ3) is 2.72. The second kappa shape index (κ2) is 4.98. The average Bonchev–Trinajstić information content (AvgIpc) is 2.43. The van der Waals surface area contributed by atoms with E-state index >= 15 is 0 Å². The minimum Gasteiger partial charge on any atom is -0.381 e. The monoisotopic (exact) mass is 209 g/mol. The lowest BCUT2D eigenvalue weighted by Crippen LogP contribution is -2.42. The fourth-order valence-electron chi connectivity index (χ4n) is 2.45. The van der Waals surface area contributed by atoms with Crippen LogP contribution in [0.15, 0.2) is 0 Å². The van der Waals surface area contributed by atoms with E-state index in [0.717, 1.165) is 58.9 Å². The molecule has 2 saturated heterocycles. The van der Waals surface area contributed by atoms with Gasteiger partial charge in [0.05, 0.1) is 19.8 Å². The zero-order chi connectivity index (χ0) is 10.6. The first-order chi connectivity index (χ1) is 7.35. The summed E-state index contributed by atoms with van der Waals surface area (Å²) < 4.78 is 11.1. The summed E-state index contributed by atoms with van der Waals surface area (Å²) in [5, 5.41) is 0. The fourth-order valence-corrected chi connectivity index (χ4v) is 2.45. The zero-order valence-electron chi connectivity index (χ0n) is 9.21. The van der Waals surface area contributed by atoms with Crippen molar-refractivity contribution in [2.45, 2.75) is 12.8 Å². The minimum absolute atomic E-state index is 0.297. The van der Waals surface area contributed by atoms with Gasteiger partial charge in [-0.05, 0) is 12.8 Å². The van der Waals surface area contributed by atoms with E-state index in [2.05, 4.69) is 10.8 Å². The van der Waals surface area contributed by atoms with Crippen LogP contribution >= 0.6 is 0 Å². The highest BCUT2D eigenvalue weighted by molar-refractivity contribution is 4.93. The van der Waals surface area contributed by atoms with Crippen molar-refractivity contribution in [2.24, 2.45) is 5.41 Å². The lowest BCUT2D eigenvalue weighted by Gasteiger charge is -2.37. The first-order valence-electron chi connectivity index (χ1n) is 5.66. The Morgan fingerprint density at radius 2 is 2.00 bits per heavy atom. The van der Waals surface area contributed by atoms with Gasteiger partial charge in [-0.1, -0.05) is 5.92 Å². The van der Waals surface area contributed by atoms with E-state index < -0.39 is 0 Å². The Morgan fingerprint density at radius 1 is 1.20 bits per heavy atom. The summed E-state index contributed by atoms with van der Waals surface area (Å²) in [6.07, 6.45) is 7.58. The predicted octanol–water partition coefficient (Wildman–Crippen LogP) is 0.749. The number of hydrogen-bond donors (Lipinski definition) is 0. The SMILES string of the molecule is C#CCN1CCOCC2(CCOCC2)C1. The summed E-state index contributed by atoms with van der Waals surface area (Å²) in [7, 11) is 0. The van der Waals surface area contributed by atoms with Gasteiger partial charge in [0.15, 0.2) is 0 Å². The number of ether oxygens (including phenoxy) is 2. The van der Waals surface area contributed by atoms with Crippen LogP contribution in [0.2, 0.25) is 0 Å². The molecule has 0 radical (unpaired) electrons. The smallest absolute Gasteiger partial charge is 0.0599 e. The van der Waals surface area contributed by atoms with Crippen LogP contribution in [-0.2, 0) is 9.47 Å². The van der Waals surface area contributed by atoms with Crippen molar-refractivity contribution in [3.05, 3.63) is 0 Å². The van der Waals surface area contributed by atoms with E-state index in [1.165, 1.54) is 0 Å². The second-order valence-electron chi connectivity index (χ2n) is 4.58. The van der Waals surface area contributed by atoms with Gasteiger partial charge < -0.3 is 9.47 Å². The molecule has 0 aromatic rings. The summed E-state index contributed by atoms with van der Waals surface area (Å²) in [5.41, 5.74) is 0.297. The molecule has 0 aromatic heterocycles. The third-order valence-electron chi connectivity index (χ3n) is 3.39. The lowest BCUT2D eigenvalue weighted by atomic mass is 9.80. The minimum atomic E-state index is 0.297. The van der Waals surface area contributed by atoms with Crippen molar-refractivity contribution in [3.8, 4) is 12.3 Å². The molecule has 0 amide bonds. The van der Waals surface area contributed by atoms with Crippen LogP contribution < -0.4 is 0 Å². The van der Waals surface area contributed by atoms with Crippen molar-refractivity contribution in [1.29, 1.82) is 0 Å². The predicted molar refractivity (Wildman–Crippen MR) is 58.6 cm³/mol.